The van der Waals surface area contributed by atoms with E-state index in [0.717, 1.165) is 0 Å². The number of fused-ring (bicyclic) bond motifs is 1. The van der Waals surface area contributed by atoms with Crippen LogP contribution in [0.25, 0.3) is 0 Å². The Balaban J connectivity index is 2.33. The Morgan fingerprint density at radius 1 is 1.36 bits per heavy atom. The maximum atomic E-state index is 12.3. The molecule has 0 bridgehead atoms. The third-order valence-electron chi connectivity index (χ3n) is 6.27. The highest BCUT2D eigenvalue weighted by Crippen LogP contribution is 2.59. The van der Waals surface area contributed by atoms with E-state index in [0.29, 0.717) is 29.6 Å². The van der Waals surface area contributed by atoms with Crippen molar-refractivity contribution < 1.29 is 30.3 Å². The Kier molecular flexibility index (Phi) is 6.89. The van der Waals surface area contributed by atoms with Crippen molar-refractivity contribution in [3.05, 3.63) is 35.5 Å². The maximum Gasteiger partial charge on any atom is 0.244 e. The molecule has 1 amide bonds. The van der Waals surface area contributed by atoms with Gasteiger partial charge in [0.05, 0.1) is 24.9 Å². The Labute approximate surface area is 166 Å². The largest absolute Gasteiger partial charge is 0.396 e. The van der Waals surface area contributed by atoms with Gasteiger partial charge in [0.25, 0.3) is 0 Å². The van der Waals surface area contributed by atoms with E-state index >= 15 is 0 Å². The van der Waals surface area contributed by atoms with Gasteiger partial charge in [0, 0.05) is 18.6 Å². The van der Waals surface area contributed by atoms with Gasteiger partial charge in [-0.3, -0.25) is 4.79 Å². The van der Waals surface area contributed by atoms with Crippen LogP contribution in [0.3, 0.4) is 0 Å². The van der Waals surface area contributed by atoms with Gasteiger partial charge in [-0.25, -0.2) is 0 Å². The minimum Gasteiger partial charge on any atom is -0.396 e. The lowest BCUT2D eigenvalue weighted by Crippen LogP contribution is -2.68. The monoisotopic (exact) mass is 395 g/mol. The highest BCUT2D eigenvalue weighted by Gasteiger charge is 2.64. The fourth-order valence-electron chi connectivity index (χ4n) is 4.49. The average molecular weight is 395 g/mol. The van der Waals surface area contributed by atoms with Gasteiger partial charge >= 0.3 is 0 Å². The molecule has 158 valence electrons. The highest BCUT2D eigenvalue weighted by molar-refractivity contribution is 5.88. The highest BCUT2D eigenvalue weighted by atomic mass is 16.3. The Morgan fingerprint density at radius 3 is 2.54 bits per heavy atom. The van der Waals surface area contributed by atoms with Gasteiger partial charge in [-0.2, -0.15) is 0 Å². The van der Waals surface area contributed by atoms with Crippen molar-refractivity contribution in [1.82, 2.24) is 5.32 Å². The molecule has 0 aromatic carbocycles. The Morgan fingerprint density at radius 2 is 2.00 bits per heavy atom. The van der Waals surface area contributed by atoms with Gasteiger partial charge in [-0.1, -0.05) is 32.1 Å². The predicted molar refractivity (Wildman–Crippen MR) is 105 cm³/mol. The molecule has 0 aromatic rings. The van der Waals surface area contributed by atoms with E-state index in [9.17, 15) is 25.2 Å². The molecule has 2 rings (SSSR count). The second-order valence-electron chi connectivity index (χ2n) is 8.68. The zero-order valence-electron chi connectivity index (χ0n) is 16.9. The molecule has 2 aliphatic rings. The number of carbonyl (C=O) groups is 1. The first-order chi connectivity index (χ1) is 13.0. The Bertz CT molecular complexity index is 682. The van der Waals surface area contributed by atoms with Crippen LogP contribution in [0.15, 0.2) is 35.5 Å². The van der Waals surface area contributed by atoms with E-state index in [2.05, 4.69) is 11.9 Å². The van der Waals surface area contributed by atoms with Crippen molar-refractivity contribution in [2.45, 2.75) is 63.9 Å². The molecule has 6 N–H and O–H groups in total. The molecule has 0 heterocycles. The molecule has 0 aliphatic heterocycles. The van der Waals surface area contributed by atoms with Gasteiger partial charge in [0.2, 0.25) is 5.91 Å². The standard InChI is InChI=1S/C21H33NO6/c1-12(5-6-23)7-18(27)22-19-13(2)8-17(26)21(28)15(10-20(21,3)4)14(11-24)9-16(19)25/h7,9,15-17,19,23-26,28H,2,5-6,8,10-11H2,1,3-4H3,(H,22,27). The second kappa shape index (κ2) is 8.47. The van der Waals surface area contributed by atoms with Crippen LogP contribution in [0.2, 0.25) is 0 Å². The number of amides is 1. The molecule has 1 fully saturated rings. The van der Waals surface area contributed by atoms with E-state index in [1.54, 1.807) is 6.92 Å². The smallest absolute Gasteiger partial charge is 0.244 e. The molecule has 7 nitrogen and oxygen atoms in total. The molecule has 0 spiro atoms. The molecule has 5 unspecified atom stereocenters. The molecule has 0 aromatic heterocycles. The number of carbonyl (C=O) groups excluding carboxylic acids is 1. The molecule has 2 aliphatic carbocycles. The minimum absolute atomic E-state index is 0.00429. The number of rotatable bonds is 5. The van der Waals surface area contributed by atoms with Crippen molar-refractivity contribution in [1.29, 1.82) is 0 Å². The van der Waals surface area contributed by atoms with Crippen LogP contribution in [0.5, 0.6) is 0 Å². The summed E-state index contributed by atoms with van der Waals surface area (Å²) < 4.78 is 0. The summed E-state index contributed by atoms with van der Waals surface area (Å²) in [4.78, 5) is 12.3. The van der Waals surface area contributed by atoms with Crippen molar-refractivity contribution in [2.24, 2.45) is 11.3 Å². The second-order valence-corrected chi connectivity index (χ2v) is 8.68. The normalized spacial score (nSPS) is 35.6. The lowest BCUT2D eigenvalue weighted by Gasteiger charge is -2.61. The first-order valence-electron chi connectivity index (χ1n) is 9.64. The van der Waals surface area contributed by atoms with Gasteiger partial charge in [-0.15, -0.1) is 0 Å². The molecule has 5 atom stereocenters. The van der Waals surface area contributed by atoms with Gasteiger partial charge < -0.3 is 30.8 Å². The summed E-state index contributed by atoms with van der Waals surface area (Å²) >= 11 is 0. The van der Waals surface area contributed by atoms with Crippen molar-refractivity contribution >= 4 is 5.91 Å². The number of aliphatic hydroxyl groups excluding tert-OH is 4. The zero-order chi connectivity index (χ0) is 21.3. The van der Waals surface area contributed by atoms with E-state index < -0.39 is 41.1 Å². The van der Waals surface area contributed by atoms with E-state index in [1.165, 1.54) is 12.2 Å². The van der Waals surface area contributed by atoms with E-state index in [1.807, 2.05) is 13.8 Å². The summed E-state index contributed by atoms with van der Waals surface area (Å²) in [6.07, 6.45) is 1.40. The van der Waals surface area contributed by atoms with Crippen molar-refractivity contribution in [3.63, 3.8) is 0 Å². The molecular formula is C21H33NO6. The van der Waals surface area contributed by atoms with Crippen LogP contribution in [-0.4, -0.2) is 68.5 Å². The number of aliphatic hydroxyl groups is 5. The van der Waals surface area contributed by atoms with Crippen LogP contribution in [0.4, 0.5) is 0 Å². The van der Waals surface area contributed by atoms with E-state index in [-0.39, 0.29) is 19.6 Å². The first kappa shape index (κ1) is 22.8. The summed E-state index contributed by atoms with van der Waals surface area (Å²) in [5.41, 5.74) is -0.519. The van der Waals surface area contributed by atoms with Gasteiger partial charge in [0.15, 0.2) is 0 Å². The van der Waals surface area contributed by atoms with Crippen LogP contribution in [0, 0.1) is 11.3 Å². The topological polar surface area (TPSA) is 130 Å². The number of hydrogen-bond donors (Lipinski definition) is 6. The molecule has 28 heavy (non-hydrogen) atoms. The maximum absolute atomic E-state index is 12.3. The summed E-state index contributed by atoms with van der Waals surface area (Å²) in [6.45, 7) is 8.91. The van der Waals surface area contributed by atoms with Crippen molar-refractivity contribution in [2.75, 3.05) is 13.2 Å². The lowest BCUT2D eigenvalue weighted by molar-refractivity contribution is -0.242. The third-order valence-corrected chi connectivity index (χ3v) is 6.27. The molecule has 0 saturated heterocycles. The minimum atomic E-state index is -1.46. The van der Waals surface area contributed by atoms with Crippen LogP contribution >= 0.6 is 0 Å². The average Bonchev–Trinajstić information content (AvgIpc) is 2.62. The first-order valence-corrected chi connectivity index (χ1v) is 9.64. The Hall–Kier alpha value is -1.51. The fourth-order valence-corrected chi connectivity index (χ4v) is 4.49. The van der Waals surface area contributed by atoms with E-state index in [4.69, 9.17) is 5.11 Å². The summed E-state index contributed by atoms with van der Waals surface area (Å²) in [6, 6.07) is -0.883. The number of nitrogens with one attached hydrogen (secondary N) is 1. The molecule has 1 saturated carbocycles. The number of hydrogen-bond acceptors (Lipinski definition) is 6. The lowest BCUT2D eigenvalue weighted by atomic mass is 9.48. The summed E-state index contributed by atoms with van der Waals surface area (Å²) in [5, 5.41) is 54.2. The summed E-state index contributed by atoms with van der Waals surface area (Å²) in [7, 11) is 0. The van der Waals surface area contributed by atoms with Crippen LogP contribution in [-0.2, 0) is 4.79 Å². The van der Waals surface area contributed by atoms with Gasteiger partial charge in [-0.05, 0) is 42.7 Å². The fraction of sp³-hybridized carbons (Fsp3) is 0.667. The summed E-state index contributed by atoms with van der Waals surface area (Å²) in [5.74, 6) is -0.933. The predicted octanol–water partition coefficient (Wildman–Crippen LogP) is 0.177. The zero-order valence-corrected chi connectivity index (χ0v) is 16.9. The van der Waals surface area contributed by atoms with Crippen molar-refractivity contribution in [3.8, 4) is 0 Å². The van der Waals surface area contributed by atoms with Crippen LogP contribution < -0.4 is 5.32 Å². The van der Waals surface area contributed by atoms with Crippen LogP contribution in [0.1, 0.15) is 40.0 Å². The quantitative estimate of drug-likeness (QED) is 0.291. The third kappa shape index (κ3) is 4.09. The molecule has 0 radical (unpaired) electrons. The SMILES string of the molecule is C=C1CC(O)C2(O)C(CC2(C)C)C(CO)=CC(O)C1NC(=O)C=C(C)CCO. The molecule has 7 heteroatoms. The molecular weight excluding hydrogens is 362 g/mol. The van der Waals surface area contributed by atoms with Gasteiger partial charge in [0.1, 0.15) is 5.60 Å².